The van der Waals surface area contributed by atoms with Crippen LogP contribution in [0.3, 0.4) is 0 Å². The zero-order valence-corrected chi connectivity index (χ0v) is 12.4. The normalized spacial score (nSPS) is 56.6. The van der Waals surface area contributed by atoms with Crippen molar-refractivity contribution in [2.24, 2.45) is 28.6 Å². The van der Waals surface area contributed by atoms with E-state index in [0.717, 1.165) is 24.3 Å². The first kappa shape index (κ1) is 12.4. The van der Waals surface area contributed by atoms with Gasteiger partial charge in [0.2, 0.25) is 0 Å². The third kappa shape index (κ3) is 1.44. The van der Waals surface area contributed by atoms with Gasteiger partial charge in [0.15, 0.2) is 0 Å². The van der Waals surface area contributed by atoms with Gasteiger partial charge in [-0.15, -0.1) is 0 Å². The van der Waals surface area contributed by atoms with E-state index in [1.807, 2.05) is 0 Å². The molecule has 0 aromatic rings. The van der Waals surface area contributed by atoms with E-state index in [4.69, 9.17) is 0 Å². The molecule has 6 unspecified atom stereocenters. The van der Waals surface area contributed by atoms with Gasteiger partial charge in [0, 0.05) is 17.9 Å². The van der Waals surface area contributed by atoms with Crippen molar-refractivity contribution < 1.29 is 4.79 Å². The van der Waals surface area contributed by atoms with Gasteiger partial charge in [0.05, 0.1) is 0 Å². The maximum atomic E-state index is 12.3. The molecule has 4 fully saturated rings. The molecule has 4 aliphatic rings. The minimum absolute atomic E-state index is 0.0520. The minimum Gasteiger partial charge on any atom is -0.313 e. The Balaban J connectivity index is 1.68. The van der Waals surface area contributed by atoms with Crippen molar-refractivity contribution in [3.05, 3.63) is 0 Å². The highest BCUT2D eigenvalue weighted by Gasteiger charge is 2.60. The first-order chi connectivity index (χ1) is 9.06. The Bertz CT molecular complexity index is 419. The lowest BCUT2D eigenvalue weighted by atomic mass is 9.49. The number of hydrogen-bond donors (Lipinski definition) is 1. The average molecular weight is 261 g/mol. The Morgan fingerprint density at radius 1 is 1.05 bits per heavy atom. The van der Waals surface area contributed by atoms with Crippen molar-refractivity contribution in [1.82, 2.24) is 5.32 Å². The van der Waals surface area contributed by atoms with Crippen LogP contribution in [0, 0.1) is 28.6 Å². The van der Waals surface area contributed by atoms with Gasteiger partial charge in [-0.2, -0.15) is 0 Å². The SMILES string of the molecule is CC12CCC3C(CCC4NCCC43C)C1CCC2=O. The van der Waals surface area contributed by atoms with Crippen LogP contribution < -0.4 is 5.32 Å². The van der Waals surface area contributed by atoms with Crippen molar-refractivity contribution in [3.63, 3.8) is 0 Å². The molecule has 0 amide bonds. The van der Waals surface area contributed by atoms with E-state index < -0.39 is 0 Å². The largest absolute Gasteiger partial charge is 0.313 e. The number of hydrogen-bond acceptors (Lipinski definition) is 2. The fraction of sp³-hybridized carbons (Fsp3) is 0.941. The highest BCUT2D eigenvalue weighted by molar-refractivity contribution is 5.87. The number of nitrogens with one attached hydrogen (secondary N) is 1. The maximum absolute atomic E-state index is 12.3. The molecule has 0 bridgehead atoms. The number of fused-ring (bicyclic) bond motifs is 5. The van der Waals surface area contributed by atoms with Crippen molar-refractivity contribution in [3.8, 4) is 0 Å². The summed E-state index contributed by atoms with van der Waals surface area (Å²) in [7, 11) is 0. The zero-order valence-electron chi connectivity index (χ0n) is 12.4. The second-order valence-corrected chi connectivity index (χ2v) is 8.13. The number of rotatable bonds is 0. The smallest absolute Gasteiger partial charge is 0.139 e. The summed E-state index contributed by atoms with van der Waals surface area (Å²) in [5.74, 6) is 3.00. The quantitative estimate of drug-likeness (QED) is 0.725. The van der Waals surface area contributed by atoms with Crippen LogP contribution in [0.1, 0.15) is 58.8 Å². The summed E-state index contributed by atoms with van der Waals surface area (Å²) in [5, 5.41) is 3.74. The summed E-state index contributed by atoms with van der Waals surface area (Å²) < 4.78 is 0. The molecule has 1 aliphatic heterocycles. The molecule has 19 heavy (non-hydrogen) atoms. The number of carbonyl (C=O) groups excluding carboxylic acids is 1. The lowest BCUT2D eigenvalue weighted by molar-refractivity contribution is -0.133. The van der Waals surface area contributed by atoms with Gasteiger partial charge in [-0.05, 0) is 68.2 Å². The van der Waals surface area contributed by atoms with Crippen LogP contribution in [0.15, 0.2) is 0 Å². The van der Waals surface area contributed by atoms with Gasteiger partial charge in [0.25, 0.3) is 0 Å². The summed E-state index contributed by atoms with van der Waals surface area (Å²) in [5.41, 5.74) is 0.576. The van der Waals surface area contributed by atoms with E-state index in [0.29, 0.717) is 17.1 Å². The zero-order chi connectivity index (χ0) is 13.3. The molecule has 1 N–H and O–H groups in total. The first-order valence-electron chi connectivity index (χ1n) is 8.32. The van der Waals surface area contributed by atoms with Crippen LogP contribution in [0.25, 0.3) is 0 Å². The van der Waals surface area contributed by atoms with E-state index in [-0.39, 0.29) is 5.41 Å². The molecule has 0 radical (unpaired) electrons. The molecule has 3 aliphatic carbocycles. The van der Waals surface area contributed by atoms with Gasteiger partial charge < -0.3 is 5.32 Å². The second-order valence-electron chi connectivity index (χ2n) is 8.13. The Kier molecular flexibility index (Phi) is 2.50. The van der Waals surface area contributed by atoms with E-state index in [9.17, 15) is 4.79 Å². The number of Topliss-reactive ketones (excluding diaryl/α,β-unsaturated/α-hetero) is 1. The molecule has 2 heteroatoms. The third-order valence-corrected chi connectivity index (χ3v) is 7.63. The second kappa shape index (κ2) is 3.84. The molecule has 3 saturated carbocycles. The highest BCUT2D eigenvalue weighted by Crippen LogP contribution is 2.62. The molecule has 0 aromatic carbocycles. The molecule has 2 nitrogen and oxygen atoms in total. The first-order valence-corrected chi connectivity index (χ1v) is 8.32. The highest BCUT2D eigenvalue weighted by atomic mass is 16.1. The molecule has 0 aromatic heterocycles. The summed E-state index contributed by atoms with van der Waals surface area (Å²) in [6, 6.07) is 0.759. The van der Waals surface area contributed by atoms with Crippen LogP contribution in [0.5, 0.6) is 0 Å². The van der Waals surface area contributed by atoms with Gasteiger partial charge >= 0.3 is 0 Å². The summed E-state index contributed by atoms with van der Waals surface area (Å²) in [6.45, 7) is 6.03. The van der Waals surface area contributed by atoms with E-state index >= 15 is 0 Å². The van der Waals surface area contributed by atoms with Gasteiger partial charge in [0.1, 0.15) is 5.78 Å². The topological polar surface area (TPSA) is 29.1 Å². The Morgan fingerprint density at radius 2 is 1.89 bits per heavy atom. The molecular formula is C17H27NO. The lowest BCUT2D eigenvalue weighted by Gasteiger charge is -2.55. The van der Waals surface area contributed by atoms with E-state index in [1.165, 1.54) is 45.1 Å². The predicted octanol–water partition coefficient (Wildman–Crippen LogP) is 3.16. The van der Waals surface area contributed by atoms with Crippen LogP contribution in [0.2, 0.25) is 0 Å². The third-order valence-electron chi connectivity index (χ3n) is 7.63. The van der Waals surface area contributed by atoms with Gasteiger partial charge in [-0.1, -0.05) is 13.8 Å². The molecule has 106 valence electrons. The molecule has 6 atom stereocenters. The van der Waals surface area contributed by atoms with Crippen molar-refractivity contribution in [2.75, 3.05) is 6.54 Å². The number of ketones is 1. The molecule has 4 rings (SSSR count). The van der Waals surface area contributed by atoms with Crippen LogP contribution in [-0.2, 0) is 4.79 Å². The van der Waals surface area contributed by atoms with Crippen molar-refractivity contribution in [2.45, 2.75) is 64.8 Å². The molecule has 1 heterocycles. The Morgan fingerprint density at radius 3 is 2.74 bits per heavy atom. The van der Waals surface area contributed by atoms with Crippen LogP contribution in [-0.4, -0.2) is 18.4 Å². The molecule has 1 saturated heterocycles. The summed E-state index contributed by atoms with van der Waals surface area (Å²) in [4.78, 5) is 12.3. The summed E-state index contributed by atoms with van der Waals surface area (Å²) in [6.07, 6.45) is 8.59. The molecular weight excluding hydrogens is 234 g/mol. The Hall–Kier alpha value is -0.370. The standard InChI is InChI=1S/C17H27NO/c1-16-9-10-18-14(16)5-3-11-12-4-6-15(19)17(12,2)8-7-13(11)16/h11-14,18H,3-10H2,1-2H3. The molecule has 0 spiro atoms. The lowest BCUT2D eigenvalue weighted by Crippen LogP contribution is -2.53. The minimum atomic E-state index is 0.0520. The average Bonchev–Trinajstić information content (AvgIpc) is 2.90. The maximum Gasteiger partial charge on any atom is 0.139 e. The summed E-state index contributed by atoms with van der Waals surface area (Å²) >= 11 is 0. The van der Waals surface area contributed by atoms with Crippen molar-refractivity contribution >= 4 is 5.78 Å². The monoisotopic (exact) mass is 261 g/mol. The fourth-order valence-corrected chi connectivity index (χ4v) is 6.44. The van der Waals surface area contributed by atoms with Crippen LogP contribution >= 0.6 is 0 Å². The van der Waals surface area contributed by atoms with E-state index in [2.05, 4.69) is 19.2 Å². The Labute approximate surface area is 116 Å². The van der Waals surface area contributed by atoms with E-state index in [1.54, 1.807) is 0 Å². The van der Waals surface area contributed by atoms with Gasteiger partial charge in [-0.3, -0.25) is 4.79 Å². The number of carbonyl (C=O) groups is 1. The van der Waals surface area contributed by atoms with Crippen LogP contribution in [0.4, 0.5) is 0 Å². The van der Waals surface area contributed by atoms with Crippen molar-refractivity contribution in [1.29, 1.82) is 0 Å². The van der Waals surface area contributed by atoms with Gasteiger partial charge in [-0.25, -0.2) is 0 Å². The predicted molar refractivity (Wildman–Crippen MR) is 75.8 cm³/mol. The fourth-order valence-electron chi connectivity index (χ4n) is 6.44.